The predicted molar refractivity (Wildman–Crippen MR) is 58.1 cm³/mol. The van der Waals surface area contributed by atoms with Crippen LogP contribution in [0, 0.1) is 16.3 Å². The third-order valence-electron chi connectivity index (χ3n) is 2.13. The Morgan fingerprint density at radius 2 is 2.31 bits per heavy atom. The van der Waals surface area contributed by atoms with Gasteiger partial charge in [0, 0.05) is 6.92 Å². The van der Waals surface area contributed by atoms with Gasteiger partial charge in [0.2, 0.25) is 5.91 Å². The first-order valence-corrected chi connectivity index (χ1v) is 4.53. The molecule has 2 rings (SSSR count). The molecule has 16 heavy (non-hydrogen) atoms. The number of carbonyl (C=O) groups excluding carboxylic acids is 1. The van der Waals surface area contributed by atoms with Gasteiger partial charge in [0.25, 0.3) is 0 Å². The summed E-state index contributed by atoms with van der Waals surface area (Å²) in [5.41, 5.74) is 0.684. The maximum atomic E-state index is 10.9. The molecule has 0 unspecified atom stereocenters. The van der Waals surface area contributed by atoms with Gasteiger partial charge in [0.05, 0.1) is 22.0 Å². The Kier molecular flexibility index (Phi) is 2.32. The molecule has 0 aliphatic rings. The van der Waals surface area contributed by atoms with Crippen LogP contribution in [0.3, 0.4) is 0 Å². The molecule has 0 fully saturated rings. The molecule has 0 spiro atoms. The van der Waals surface area contributed by atoms with E-state index in [4.69, 9.17) is 0 Å². The third-order valence-corrected chi connectivity index (χ3v) is 2.13. The van der Waals surface area contributed by atoms with Crippen LogP contribution < -0.4 is 5.32 Å². The summed E-state index contributed by atoms with van der Waals surface area (Å²) in [6, 6.07) is 4.63. The van der Waals surface area contributed by atoms with Crippen LogP contribution in [0.2, 0.25) is 0 Å². The number of hydrogen-bond acceptors (Lipinski definition) is 3. The molecule has 1 amide bonds. The summed E-state index contributed by atoms with van der Waals surface area (Å²) in [5.74, 6) is -0.345. The maximum Gasteiger partial charge on any atom is 0.302 e. The van der Waals surface area contributed by atoms with Crippen molar-refractivity contribution in [3.63, 3.8) is 0 Å². The van der Waals surface area contributed by atoms with E-state index in [1.54, 1.807) is 6.07 Å². The molecule has 1 aromatic carbocycles. The molecule has 1 aromatic heterocycles. The number of nitro groups is 1. The second-order valence-electron chi connectivity index (χ2n) is 3.27. The fraction of sp³-hybridized carbons (Fsp3) is 0.100. The highest BCUT2D eigenvalue weighted by atomic mass is 16.6. The number of aromatic amines is 1. The quantitative estimate of drug-likeness (QED) is 0.595. The highest BCUT2D eigenvalue weighted by Gasteiger charge is 2.19. The minimum atomic E-state index is -0.519. The number of nitrogens with one attached hydrogen (secondary N) is 2. The van der Waals surface area contributed by atoms with Crippen LogP contribution in [0.1, 0.15) is 6.92 Å². The van der Waals surface area contributed by atoms with Crippen molar-refractivity contribution in [2.45, 2.75) is 6.92 Å². The number of carbonyl (C=O) groups is 1. The van der Waals surface area contributed by atoms with Crippen molar-refractivity contribution in [1.82, 2.24) is 4.98 Å². The van der Waals surface area contributed by atoms with Gasteiger partial charge >= 0.3 is 5.69 Å². The zero-order valence-electron chi connectivity index (χ0n) is 8.40. The molecule has 2 aromatic rings. The average Bonchev–Trinajstić information content (AvgIpc) is 2.63. The zero-order valence-corrected chi connectivity index (χ0v) is 8.40. The lowest BCUT2D eigenvalue weighted by atomic mass is 10.2. The van der Waals surface area contributed by atoms with Crippen molar-refractivity contribution in [3.8, 4) is 0 Å². The first-order valence-electron chi connectivity index (χ1n) is 4.53. The summed E-state index contributed by atoms with van der Waals surface area (Å²) in [6.07, 6.45) is 2.67. The van der Waals surface area contributed by atoms with E-state index in [1.165, 1.54) is 19.1 Å². The smallest absolute Gasteiger partial charge is 0.302 e. The van der Waals surface area contributed by atoms with Crippen LogP contribution in [-0.4, -0.2) is 15.8 Å². The second kappa shape index (κ2) is 3.65. The Balaban J connectivity index is 2.68. The number of hydrogen-bond donors (Lipinski definition) is 2. The summed E-state index contributed by atoms with van der Waals surface area (Å²) in [7, 11) is 0. The van der Waals surface area contributed by atoms with Crippen molar-refractivity contribution in [2.75, 3.05) is 5.32 Å². The fourth-order valence-corrected chi connectivity index (χ4v) is 1.54. The number of fused-ring (bicyclic) bond motifs is 1. The summed E-state index contributed by atoms with van der Waals surface area (Å²) in [5, 5.41) is 13.8. The summed E-state index contributed by atoms with van der Waals surface area (Å²) in [4.78, 5) is 24.1. The molecule has 2 N–H and O–H groups in total. The lowest BCUT2D eigenvalue weighted by Crippen LogP contribution is -2.08. The summed E-state index contributed by atoms with van der Waals surface area (Å²) in [6.45, 7) is 1.30. The van der Waals surface area contributed by atoms with Crippen molar-refractivity contribution in [1.29, 1.82) is 0 Å². The number of rotatable bonds is 2. The number of aromatic nitrogens is 1. The van der Waals surface area contributed by atoms with Gasteiger partial charge in [0.1, 0.15) is 5.69 Å². The Hall–Kier alpha value is -2.37. The van der Waals surface area contributed by atoms with Crippen LogP contribution in [-0.2, 0) is 4.79 Å². The highest BCUT2D eigenvalue weighted by molar-refractivity contribution is 6.00. The monoisotopic (exact) mass is 218 g/mol. The molecule has 1 radical (unpaired) electrons. The first kappa shape index (κ1) is 10.2. The maximum absolute atomic E-state index is 10.9. The van der Waals surface area contributed by atoms with Crippen LogP contribution in [0.4, 0.5) is 11.4 Å². The van der Waals surface area contributed by atoms with Gasteiger partial charge in [-0.05, 0) is 18.2 Å². The Bertz CT molecular complexity index is 574. The molecule has 1 heterocycles. The van der Waals surface area contributed by atoms with Gasteiger partial charge < -0.3 is 10.3 Å². The highest BCUT2D eigenvalue weighted by Crippen LogP contribution is 2.32. The molecule has 0 saturated heterocycles. The molecule has 0 saturated carbocycles. The fourth-order valence-electron chi connectivity index (χ4n) is 1.54. The number of anilines is 1. The van der Waals surface area contributed by atoms with Crippen molar-refractivity contribution in [3.05, 3.63) is 34.5 Å². The van der Waals surface area contributed by atoms with Gasteiger partial charge in [-0.25, -0.2) is 0 Å². The number of H-pyrrole nitrogens is 1. The van der Waals surface area contributed by atoms with Crippen LogP contribution in [0.25, 0.3) is 10.9 Å². The number of nitrogens with zero attached hydrogens (tertiary/aromatic N) is 1. The van der Waals surface area contributed by atoms with Crippen molar-refractivity contribution >= 4 is 28.2 Å². The Morgan fingerprint density at radius 3 is 2.94 bits per heavy atom. The Morgan fingerprint density at radius 1 is 1.56 bits per heavy atom. The molecular weight excluding hydrogens is 210 g/mol. The standard InChI is InChI=1S/C10H8N3O3/c1-6(14)12-9-3-2-8-7(4-5-11-8)10(9)13(15)16/h2-4,11H,1H3,(H,12,14). The van der Waals surface area contributed by atoms with Gasteiger partial charge in [-0.15, -0.1) is 0 Å². The van der Waals surface area contributed by atoms with Gasteiger partial charge in [-0.1, -0.05) is 0 Å². The van der Waals surface area contributed by atoms with Crippen LogP contribution in [0.5, 0.6) is 0 Å². The number of benzene rings is 1. The SMILES string of the molecule is CC(=O)Nc1ccc2[nH][c]cc2c1[N+](=O)[O-]. The number of nitro benzene ring substituents is 1. The van der Waals surface area contributed by atoms with Gasteiger partial charge in [-0.3, -0.25) is 14.9 Å². The van der Waals surface area contributed by atoms with E-state index in [1.807, 2.05) is 0 Å². The van der Waals surface area contributed by atoms with E-state index in [0.29, 0.717) is 10.9 Å². The largest absolute Gasteiger partial charge is 0.353 e. The molecule has 0 atom stereocenters. The molecule has 6 nitrogen and oxygen atoms in total. The van der Waals surface area contributed by atoms with Crippen LogP contribution in [0.15, 0.2) is 18.2 Å². The first-order chi connectivity index (χ1) is 7.59. The van der Waals surface area contributed by atoms with Crippen molar-refractivity contribution in [2.24, 2.45) is 0 Å². The van der Waals surface area contributed by atoms with E-state index in [-0.39, 0.29) is 17.3 Å². The molecular formula is C10H8N3O3. The summed E-state index contributed by atoms with van der Waals surface area (Å²) >= 11 is 0. The minimum Gasteiger partial charge on any atom is -0.353 e. The minimum absolute atomic E-state index is 0.120. The third kappa shape index (κ3) is 1.60. The van der Waals surface area contributed by atoms with E-state index < -0.39 is 4.92 Å². The molecule has 0 aliphatic carbocycles. The topological polar surface area (TPSA) is 88.0 Å². The van der Waals surface area contributed by atoms with Crippen LogP contribution >= 0.6 is 0 Å². The van der Waals surface area contributed by atoms with E-state index in [9.17, 15) is 14.9 Å². The predicted octanol–water partition coefficient (Wildman–Crippen LogP) is 1.83. The molecule has 81 valence electrons. The normalized spacial score (nSPS) is 10.3. The average molecular weight is 218 g/mol. The van der Waals surface area contributed by atoms with E-state index in [2.05, 4.69) is 16.5 Å². The zero-order chi connectivity index (χ0) is 11.7. The molecule has 0 bridgehead atoms. The van der Waals surface area contributed by atoms with Crippen molar-refractivity contribution < 1.29 is 9.72 Å². The van der Waals surface area contributed by atoms with E-state index >= 15 is 0 Å². The summed E-state index contributed by atoms with van der Waals surface area (Å²) < 4.78 is 0. The van der Waals surface area contributed by atoms with Gasteiger partial charge in [0.15, 0.2) is 0 Å². The lowest BCUT2D eigenvalue weighted by molar-refractivity contribution is -0.382. The van der Waals surface area contributed by atoms with Gasteiger partial charge in [-0.2, -0.15) is 0 Å². The number of amides is 1. The molecule has 0 aliphatic heterocycles. The van der Waals surface area contributed by atoms with E-state index in [0.717, 1.165) is 0 Å². The lowest BCUT2D eigenvalue weighted by Gasteiger charge is -2.03. The Labute approximate surface area is 90.4 Å². The molecule has 6 heteroatoms. The second-order valence-corrected chi connectivity index (χ2v) is 3.27.